The van der Waals surface area contributed by atoms with Gasteiger partial charge in [-0.25, -0.2) is 14.6 Å². The number of rotatable bonds is 9. The van der Waals surface area contributed by atoms with Crippen LogP contribution < -0.4 is 10.6 Å². The van der Waals surface area contributed by atoms with E-state index in [-0.39, 0.29) is 11.8 Å². The number of nitrogens with zero attached hydrogens (tertiary/aromatic N) is 4. The molecule has 2 aromatic carbocycles. The zero-order valence-corrected chi connectivity index (χ0v) is 20.3. The van der Waals surface area contributed by atoms with E-state index in [1.54, 1.807) is 42.5 Å². The molecule has 2 N–H and O–H groups in total. The van der Waals surface area contributed by atoms with E-state index in [9.17, 15) is 9.59 Å². The average Bonchev–Trinajstić information content (AvgIpc) is 3.53. The first-order valence-corrected chi connectivity index (χ1v) is 12.2. The van der Waals surface area contributed by atoms with Crippen LogP contribution in [0.15, 0.2) is 61.2 Å². The molecule has 0 saturated carbocycles. The molecule has 4 aromatic rings. The van der Waals surface area contributed by atoms with E-state index < -0.39 is 11.5 Å². The number of carbonyl (C=O) groups is 2. The number of carbonyl (C=O) groups excluding carboxylic acids is 2. The molecule has 0 radical (unpaired) electrons. The van der Waals surface area contributed by atoms with E-state index in [2.05, 4.69) is 26.8 Å². The molecule has 2 amide bonds. The van der Waals surface area contributed by atoms with E-state index in [0.29, 0.717) is 30.6 Å². The van der Waals surface area contributed by atoms with Crippen LogP contribution in [0.2, 0.25) is 0 Å². The number of aromatic nitrogens is 4. The average molecular weight is 477 g/mol. The number of fused-ring (bicyclic) bond motifs is 1. The zero-order chi connectivity index (χ0) is 24.1. The van der Waals surface area contributed by atoms with E-state index in [0.717, 1.165) is 15.2 Å². The minimum atomic E-state index is -0.548. The fourth-order valence-corrected chi connectivity index (χ4v) is 4.98. The van der Waals surface area contributed by atoms with Crippen LogP contribution >= 0.6 is 11.3 Å². The van der Waals surface area contributed by atoms with Crippen LogP contribution in [0.5, 0.6) is 0 Å². The van der Waals surface area contributed by atoms with Crippen LogP contribution in [0.1, 0.15) is 44.7 Å². The first-order valence-electron chi connectivity index (χ1n) is 11.3. The maximum atomic E-state index is 13.4. The van der Waals surface area contributed by atoms with Crippen molar-refractivity contribution >= 4 is 44.7 Å². The first-order chi connectivity index (χ1) is 16.4. The standard InChI is InChI=1S/C25H28N6O2S/c1-4-25(5-2,14-22-30-20-8-6-7-9-21(20)34-22)24(33)29-19-12-10-18(11-13-19)28-23(32)17(3)31-16-26-15-27-31/h6-13,15-17H,4-5,14H2,1-3H3,(H,28,32)(H,29,33). The Labute approximate surface area is 202 Å². The van der Waals surface area contributed by atoms with Gasteiger partial charge in [0.05, 0.1) is 20.6 Å². The second-order valence-corrected chi connectivity index (χ2v) is 9.43. The van der Waals surface area contributed by atoms with Gasteiger partial charge in [-0.1, -0.05) is 26.0 Å². The Morgan fingerprint density at radius 2 is 1.71 bits per heavy atom. The molecule has 176 valence electrons. The van der Waals surface area contributed by atoms with Crippen LogP contribution in [0, 0.1) is 5.41 Å². The van der Waals surface area contributed by atoms with Crippen molar-refractivity contribution in [2.75, 3.05) is 10.6 Å². The normalized spacial score (nSPS) is 12.4. The summed E-state index contributed by atoms with van der Waals surface area (Å²) < 4.78 is 2.62. The minimum absolute atomic E-state index is 0.0200. The lowest BCUT2D eigenvalue weighted by molar-refractivity contribution is -0.126. The van der Waals surface area contributed by atoms with E-state index in [1.807, 2.05) is 32.0 Å². The van der Waals surface area contributed by atoms with E-state index in [4.69, 9.17) is 4.98 Å². The van der Waals surface area contributed by atoms with Gasteiger partial charge in [0.1, 0.15) is 18.7 Å². The monoisotopic (exact) mass is 476 g/mol. The third-order valence-electron chi connectivity index (χ3n) is 6.29. The van der Waals surface area contributed by atoms with Crippen molar-refractivity contribution in [3.63, 3.8) is 0 Å². The molecule has 0 bridgehead atoms. The van der Waals surface area contributed by atoms with Crippen molar-refractivity contribution in [1.82, 2.24) is 19.7 Å². The Hall–Kier alpha value is -3.59. The number of amides is 2. The van der Waals surface area contributed by atoms with Gasteiger partial charge in [-0.15, -0.1) is 11.3 Å². The van der Waals surface area contributed by atoms with Gasteiger partial charge in [0, 0.05) is 17.8 Å². The van der Waals surface area contributed by atoms with Crippen molar-refractivity contribution in [1.29, 1.82) is 0 Å². The summed E-state index contributed by atoms with van der Waals surface area (Å²) in [6.45, 7) is 5.84. The lowest BCUT2D eigenvalue weighted by atomic mass is 9.78. The first kappa shape index (κ1) is 23.6. The maximum absolute atomic E-state index is 13.4. The molecule has 8 nitrogen and oxygen atoms in total. The molecule has 34 heavy (non-hydrogen) atoms. The molecule has 2 aromatic heterocycles. The van der Waals surface area contributed by atoms with Gasteiger partial charge in [0.25, 0.3) is 0 Å². The highest BCUT2D eigenvalue weighted by Crippen LogP contribution is 2.35. The lowest BCUT2D eigenvalue weighted by Crippen LogP contribution is -2.37. The Bertz CT molecular complexity index is 1230. The number of anilines is 2. The molecular weight excluding hydrogens is 448 g/mol. The molecule has 0 aliphatic heterocycles. The molecule has 0 aliphatic rings. The van der Waals surface area contributed by atoms with Gasteiger partial charge in [-0.2, -0.15) is 5.10 Å². The van der Waals surface area contributed by atoms with E-state index in [1.165, 1.54) is 17.3 Å². The molecule has 0 saturated heterocycles. The van der Waals surface area contributed by atoms with Crippen LogP contribution in [0.3, 0.4) is 0 Å². The summed E-state index contributed by atoms with van der Waals surface area (Å²) in [5.74, 6) is -0.220. The fourth-order valence-electron chi connectivity index (χ4n) is 3.87. The Kier molecular flexibility index (Phi) is 7.02. The van der Waals surface area contributed by atoms with Crippen LogP contribution in [-0.4, -0.2) is 31.6 Å². The summed E-state index contributed by atoms with van der Waals surface area (Å²) in [5.41, 5.74) is 1.75. The van der Waals surface area contributed by atoms with Gasteiger partial charge in [0.2, 0.25) is 11.8 Å². The topological polar surface area (TPSA) is 102 Å². The van der Waals surface area contributed by atoms with Crippen LogP contribution in [-0.2, 0) is 16.0 Å². The zero-order valence-electron chi connectivity index (χ0n) is 19.5. The number of thiazole rings is 1. The largest absolute Gasteiger partial charge is 0.326 e. The molecule has 9 heteroatoms. The van der Waals surface area contributed by atoms with Crippen molar-refractivity contribution in [2.45, 2.75) is 46.1 Å². The van der Waals surface area contributed by atoms with Gasteiger partial charge >= 0.3 is 0 Å². The van der Waals surface area contributed by atoms with Gasteiger partial charge in [-0.05, 0) is 56.2 Å². The number of benzene rings is 2. The second kappa shape index (κ2) is 10.1. The molecule has 0 spiro atoms. The summed E-state index contributed by atoms with van der Waals surface area (Å²) in [4.78, 5) is 34.4. The molecule has 2 heterocycles. The van der Waals surface area contributed by atoms with Crippen molar-refractivity contribution < 1.29 is 9.59 Å². The van der Waals surface area contributed by atoms with Crippen molar-refractivity contribution in [3.8, 4) is 0 Å². The summed E-state index contributed by atoms with van der Waals surface area (Å²) >= 11 is 1.65. The quantitative estimate of drug-likeness (QED) is 0.351. The van der Waals surface area contributed by atoms with Crippen LogP contribution in [0.25, 0.3) is 10.2 Å². The maximum Gasteiger partial charge on any atom is 0.249 e. The molecule has 4 rings (SSSR count). The summed E-state index contributed by atoms with van der Waals surface area (Å²) in [6, 6.07) is 14.7. The minimum Gasteiger partial charge on any atom is -0.326 e. The molecular formula is C25H28N6O2S. The molecule has 0 aliphatic carbocycles. The highest BCUT2D eigenvalue weighted by molar-refractivity contribution is 7.18. The van der Waals surface area contributed by atoms with Crippen molar-refractivity contribution in [3.05, 3.63) is 66.2 Å². The second-order valence-electron chi connectivity index (χ2n) is 8.31. The lowest BCUT2D eigenvalue weighted by Gasteiger charge is -2.29. The van der Waals surface area contributed by atoms with Crippen LogP contribution in [0.4, 0.5) is 11.4 Å². The summed E-state index contributed by atoms with van der Waals surface area (Å²) in [7, 11) is 0. The molecule has 1 atom stereocenters. The molecule has 1 unspecified atom stereocenters. The third-order valence-corrected chi connectivity index (χ3v) is 7.32. The van der Waals surface area contributed by atoms with Gasteiger partial charge in [-0.3, -0.25) is 9.59 Å². The summed E-state index contributed by atoms with van der Waals surface area (Å²) in [6.07, 6.45) is 4.91. The fraction of sp³-hybridized carbons (Fsp3) is 0.320. The SMILES string of the molecule is CCC(CC)(Cc1nc2ccccc2s1)C(=O)Nc1ccc(NC(=O)C(C)n2cncn2)cc1. The summed E-state index contributed by atoms with van der Waals surface area (Å²) in [5, 5.41) is 10.9. The predicted molar refractivity (Wildman–Crippen MR) is 135 cm³/mol. The highest BCUT2D eigenvalue weighted by atomic mass is 32.1. The number of hydrogen-bond acceptors (Lipinski definition) is 6. The number of nitrogens with one attached hydrogen (secondary N) is 2. The highest BCUT2D eigenvalue weighted by Gasteiger charge is 2.36. The Balaban J connectivity index is 1.42. The number of hydrogen-bond donors (Lipinski definition) is 2. The Morgan fingerprint density at radius 1 is 1.03 bits per heavy atom. The smallest absolute Gasteiger partial charge is 0.249 e. The Morgan fingerprint density at radius 3 is 2.32 bits per heavy atom. The molecule has 0 fully saturated rings. The van der Waals surface area contributed by atoms with E-state index >= 15 is 0 Å². The third kappa shape index (κ3) is 4.99. The van der Waals surface area contributed by atoms with Gasteiger partial charge < -0.3 is 10.6 Å². The predicted octanol–water partition coefficient (Wildman–Crippen LogP) is 5.08. The number of para-hydroxylation sites is 1. The van der Waals surface area contributed by atoms with Crippen molar-refractivity contribution in [2.24, 2.45) is 5.41 Å². The van der Waals surface area contributed by atoms with Gasteiger partial charge in [0.15, 0.2) is 0 Å².